The molecule has 0 heterocycles. The van der Waals surface area contributed by atoms with Gasteiger partial charge in [-0.1, -0.05) is 65.2 Å². The Morgan fingerprint density at radius 1 is 0.868 bits per heavy atom. The van der Waals surface area contributed by atoms with Gasteiger partial charge in [-0.3, -0.25) is 13.9 Å². The number of sulfonamides is 1. The number of hydrogen-bond acceptors (Lipinski definition) is 4. The highest BCUT2D eigenvalue weighted by Gasteiger charge is 2.32. The molecular weight excluding hydrogens is 522 g/mol. The van der Waals surface area contributed by atoms with Crippen LogP contribution in [0, 0.1) is 13.8 Å². The van der Waals surface area contributed by atoms with Crippen LogP contribution in [0.1, 0.15) is 37.5 Å². The Labute approximate surface area is 230 Å². The van der Waals surface area contributed by atoms with Crippen molar-refractivity contribution in [1.29, 1.82) is 0 Å². The Hall–Kier alpha value is -3.36. The molecule has 3 aromatic carbocycles. The van der Waals surface area contributed by atoms with Crippen LogP contribution in [0.25, 0.3) is 0 Å². The van der Waals surface area contributed by atoms with E-state index in [0.29, 0.717) is 16.3 Å². The predicted octanol–water partition coefficient (Wildman–Crippen LogP) is 5.09. The Morgan fingerprint density at radius 2 is 1.42 bits per heavy atom. The molecule has 7 nitrogen and oxygen atoms in total. The van der Waals surface area contributed by atoms with E-state index in [2.05, 4.69) is 5.32 Å². The molecule has 0 unspecified atom stereocenters. The molecule has 0 saturated heterocycles. The second kappa shape index (κ2) is 12.5. The molecular formula is C29H34ClN3O4S. The smallest absolute Gasteiger partial charge is 0.264 e. The van der Waals surface area contributed by atoms with E-state index in [0.717, 1.165) is 15.4 Å². The Balaban J connectivity index is 2.03. The highest BCUT2D eigenvalue weighted by Crippen LogP contribution is 2.26. The van der Waals surface area contributed by atoms with Gasteiger partial charge in [-0.2, -0.15) is 0 Å². The van der Waals surface area contributed by atoms with Crippen LogP contribution >= 0.6 is 11.6 Å². The van der Waals surface area contributed by atoms with E-state index < -0.39 is 28.5 Å². The maximum absolute atomic E-state index is 13.9. The summed E-state index contributed by atoms with van der Waals surface area (Å²) in [4.78, 5) is 28.3. The summed E-state index contributed by atoms with van der Waals surface area (Å²) in [6, 6.07) is 19.4. The van der Waals surface area contributed by atoms with Crippen molar-refractivity contribution in [2.24, 2.45) is 0 Å². The molecule has 0 aliphatic carbocycles. The van der Waals surface area contributed by atoms with E-state index in [1.807, 2.05) is 27.7 Å². The zero-order valence-corrected chi connectivity index (χ0v) is 23.9. The second-order valence-corrected chi connectivity index (χ2v) is 11.9. The molecule has 0 saturated carbocycles. The van der Waals surface area contributed by atoms with Gasteiger partial charge in [0.1, 0.15) is 12.6 Å². The summed E-state index contributed by atoms with van der Waals surface area (Å²) in [5.41, 5.74) is 2.86. The largest absolute Gasteiger partial charge is 0.352 e. The van der Waals surface area contributed by atoms with Gasteiger partial charge in [0.2, 0.25) is 11.8 Å². The number of carbonyl (C=O) groups is 2. The molecule has 0 aliphatic rings. The van der Waals surface area contributed by atoms with Gasteiger partial charge in [0.05, 0.1) is 10.6 Å². The highest BCUT2D eigenvalue weighted by molar-refractivity contribution is 7.92. The first-order valence-electron chi connectivity index (χ1n) is 12.4. The summed E-state index contributed by atoms with van der Waals surface area (Å²) >= 11 is 6.38. The zero-order chi connectivity index (χ0) is 28.0. The number of hydrogen-bond donors (Lipinski definition) is 1. The van der Waals surface area contributed by atoms with E-state index in [9.17, 15) is 18.0 Å². The number of nitrogens with zero attached hydrogens (tertiary/aromatic N) is 2. The van der Waals surface area contributed by atoms with Crippen molar-refractivity contribution in [2.45, 2.75) is 58.1 Å². The van der Waals surface area contributed by atoms with Crippen LogP contribution in [-0.4, -0.2) is 43.8 Å². The molecule has 38 heavy (non-hydrogen) atoms. The van der Waals surface area contributed by atoms with Crippen molar-refractivity contribution >= 4 is 39.1 Å². The number of rotatable bonds is 10. The number of aryl methyl sites for hydroxylation is 2. The van der Waals surface area contributed by atoms with Gasteiger partial charge in [-0.25, -0.2) is 8.42 Å². The molecule has 0 bridgehead atoms. The first kappa shape index (κ1) is 29.2. The van der Waals surface area contributed by atoms with Crippen molar-refractivity contribution in [3.63, 3.8) is 0 Å². The van der Waals surface area contributed by atoms with E-state index in [-0.39, 0.29) is 23.4 Å². The van der Waals surface area contributed by atoms with Gasteiger partial charge in [0.15, 0.2) is 0 Å². The monoisotopic (exact) mass is 555 g/mol. The van der Waals surface area contributed by atoms with Crippen molar-refractivity contribution in [3.05, 3.63) is 94.5 Å². The second-order valence-electron chi connectivity index (χ2n) is 9.61. The molecule has 0 aliphatic heterocycles. The molecule has 1 atom stereocenters. The van der Waals surface area contributed by atoms with E-state index in [4.69, 9.17) is 11.6 Å². The number of anilines is 1. The van der Waals surface area contributed by atoms with Gasteiger partial charge in [0.25, 0.3) is 10.0 Å². The summed E-state index contributed by atoms with van der Waals surface area (Å²) in [6.07, 6.45) is 0. The molecule has 0 fully saturated rings. The number of benzene rings is 3. The molecule has 2 amide bonds. The average molecular weight is 556 g/mol. The molecule has 0 radical (unpaired) electrons. The fourth-order valence-corrected chi connectivity index (χ4v) is 5.48. The summed E-state index contributed by atoms with van der Waals surface area (Å²) in [6.45, 7) is 8.59. The predicted molar refractivity (Wildman–Crippen MR) is 152 cm³/mol. The summed E-state index contributed by atoms with van der Waals surface area (Å²) in [7, 11) is -4.10. The van der Waals surface area contributed by atoms with Crippen LogP contribution in [0.4, 0.5) is 5.69 Å². The third-order valence-electron chi connectivity index (χ3n) is 6.11. The van der Waals surface area contributed by atoms with Crippen molar-refractivity contribution in [1.82, 2.24) is 10.2 Å². The lowest BCUT2D eigenvalue weighted by Crippen LogP contribution is -2.52. The minimum Gasteiger partial charge on any atom is -0.352 e. The van der Waals surface area contributed by atoms with Crippen LogP contribution in [-0.2, 0) is 26.2 Å². The average Bonchev–Trinajstić information content (AvgIpc) is 2.86. The third-order valence-corrected chi connectivity index (χ3v) is 8.26. The standard InChI is InChI=1S/C29H34ClN3O4S/c1-20(2)31-29(35)23(5)32(18-24-8-6-7-9-27(24)30)28(34)19-33(25-14-10-21(3)11-15-25)38(36,37)26-16-12-22(4)13-17-26/h6-17,20,23H,18-19H2,1-5H3,(H,31,35)/t23-/m1/s1. The highest BCUT2D eigenvalue weighted by atomic mass is 35.5. The van der Waals surface area contributed by atoms with Crippen LogP contribution in [0.15, 0.2) is 77.7 Å². The molecule has 9 heteroatoms. The first-order chi connectivity index (χ1) is 17.9. The summed E-state index contributed by atoms with van der Waals surface area (Å²) in [5.74, 6) is -0.878. The molecule has 3 aromatic rings. The third kappa shape index (κ3) is 7.14. The van der Waals surface area contributed by atoms with E-state index >= 15 is 0 Å². The zero-order valence-electron chi connectivity index (χ0n) is 22.3. The number of halogens is 1. The minimum atomic E-state index is -4.10. The fourth-order valence-electron chi connectivity index (χ4n) is 3.88. The number of nitrogens with one attached hydrogen (secondary N) is 1. The summed E-state index contributed by atoms with van der Waals surface area (Å²) < 4.78 is 28.7. The molecule has 3 rings (SSSR count). The van der Waals surface area contributed by atoms with Crippen molar-refractivity contribution in [2.75, 3.05) is 10.8 Å². The molecule has 202 valence electrons. The lowest BCUT2D eigenvalue weighted by Gasteiger charge is -2.32. The van der Waals surface area contributed by atoms with E-state index in [1.165, 1.54) is 17.0 Å². The molecule has 0 aromatic heterocycles. The van der Waals surface area contributed by atoms with Gasteiger partial charge in [0, 0.05) is 17.6 Å². The quantitative estimate of drug-likeness (QED) is 0.377. The SMILES string of the molecule is Cc1ccc(N(CC(=O)N(Cc2ccccc2Cl)[C@H](C)C(=O)NC(C)C)S(=O)(=O)c2ccc(C)cc2)cc1. The van der Waals surface area contributed by atoms with Crippen molar-refractivity contribution in [3.8, 4) is 0 Å². The van der Waals surface area contributed by atoms with Crippen LogP contribution in [0.2, 0.25) is 5.02 Å². The van der Waals surface area contributed by atoms with Crippen LogP contribution in [0.3, 0.4) is 0 Å². The maximum atomic E-state index is 13.9. The number of amides is 2. The first-order valence-corrected chi connectivity index (χ1v) is 14.2. The van der Waals surface area contributed by atoms with E-state index in [1.54, 1.807) is 67.6 Å². The Morgan fingerprint density at radius 3 is 1.97 bits per heavy atom. The summed E-state index contributed by atoms with van der Waals surface area (Å²) in [5, 5.41) is 3.28. The Kier molecular flexibility index (Phi) is 9.57. The van der Waals surface area contributed by atoms with Crippen molar-refractivity contribution < 1.29 is 18.0 Å². The van der Waals surface area contributed by atoms with Gasteiger partial charge < -0.3 is 10.2 Å². The van der Waals surface area contributed by atoms with Gasteiger partial charge in [-0.05, 0) is 70.5 Å². The molecule has 1 N–H and O–H groups in total. The fraction of sp³-hybridized carbons (Fsp3) is 0.310. The lowest BCUT2D eigenvalue weighted by molar-refractivity contribution is -0.139. The van der Waals surface area contributed by atoms with Gasteiger partial charge in [-0.15, -0.1) is 0 Å². The van der Waals surface area contributed by atoms with Crippen LogP contribution < -0.4 is 9.62 Å². The number of carbonyl (C=O) groups excluding carboxylic acids is 2. The minimum absolute atomic E-state index is 0.0392. The maximum Gasteiger partial charge on any atom is 0.264 e. The molecule has 0 spiro atoms. The Bertz CT molecular complexity index is 1370. The normalized spacial score (nSPS) is 12.2. The lowest BCUT2D eigenvalue weighted by atomic mass is 10.1. The topological polar surface area (TPSA) is 86.8 Å². The van der Waals surface area contributed by atoms with Crippen LogP contribution in [0.5, 0.6) is 0 Å². The van der Waals surface area contributed by atoms with Gasteiger partial charge >= 0.3 is 0 Å².